The molecule has 58 valence electrons. The predicted molar refractivity (Wildman–Crippen MR) is 35.6 cm³/mol. The van der Waals surface area contributed by atoms with Crippen LogP contribution in [0.5, 0.6) is 0 Å². The number of rotatable bonds is 1. The lowest BCUT2D eigenvalue weighted by Crippen LogP contribution is -2.30. The van der Waals surface area contributed by atoms with E-state index in [4.69, 9.17) is 10.2 Å². The second-order valence-corrected chi connectivity index (χ2v) is 2.80. The van der Waals surface area contributed by atoms with E-state index in [1.165, 1.54) is 0 Å². The van der Waals surface area contributed by atoms with E-state index in [9.17, 15) is 4.79 Å². The molecule has 2 atom stereocenters. The van der Waals surface area contributed by atoms with E-state index in [-0.39, 0.29) is 0 Å². The van der Waals surface area contributed by atoms with Crippen LogP contribution in [0.1, 0.15) is 25.7 Å². The van der Waals surface area contributed by atoms with Gasteiger partial charge in [0.05, 0.1) is 12.0 Å². The monoisotopic (exact) mass is 144 g/mol. The third-order valence-electron chi connectivity index (χ3n) is 2.05. The van der Waals surface area contributed by atoms with E-state index >= 15 is 0 Å². The van der Waals surface area contributed by atoms with Crippen LogP contribution in [0.15, 0.2) is 0 Å². The van der Waals surface area contributed by atoms with Gasteiger partial charge in [0.1, 0.15) is 0 Å². The molecule has 0 spiro atoms. The highest BCUT2D eigenvalue weighted by molar-refractivity contribution is 5.70. The standard InChI is InChI=1S/C7H12O3/c8-6-4-2-1-3-5(6)7(9)10/h5-6,8H,1-4H2,(H,9,10)/t5-,6-/m1/s1. The Labute approximate surface area is 59.7 Å². The molecule has 2 N–H and O–H groups in total. The van der Waals surface area contributed by atoms with Crippen LogP contribution in [-0.4, -0.2) is 22.3 Å². The first-order valence-electron chi connectivity index (χ1n) is 3.62. The summed E-state index contributed by atoms with van der Waals surface area (Å²) < 4.78 is 0. The van der Waals surface area contributed by atoms with E-state index < -0.39 is 18.0 Å². The highest BCUT2D eigenvalue weighted by atomic mass is 16.4. The fourth-order valence-corrected chi connectivity index (χ4v) is 1.40. The Morgan fingerprint density at radius 3 is 2.30 bits per heavy atom. The van der Waals surface area contributed by atoms with Crippen LogP contribution in [0.4, 0.5) is 0 Å². The number of aliphatic hydroxyl groups excluding tert-OH is 1. The molecule has 3 nitrogen and oxygen atoms in total. The molecule has 0 radical (unpaired) electrons. The van der Waals surface area contributed by atoms with E-state index in [0.29, 0.717) is 12.8 Å². The van der Waals surface area contributed by atoms with E-state index in [2.05, 4.69) is 0 Å². The minimum Gasteiger partial charge on any atom is -0.481 e. The van der Waals surface area contributed by atoms with E-state index in [1.54, 1.807) is 0 Å². The molecule has 1 aliphatic carbocycles. The summed E-state index contributed by atoms with van der Waals surface area (Å²) in [5.74, 6) is -1.36. The second kappa shape index (κ2) is 3.01. The van der Waals surface area contributed by atoms with Gasteiger partial charge in [0.25, 0.3) is 0 Å². The van der Waals surface area contributed by atoms with Gasteiger partial charge in [0, 0.05) is 0 Å². The maximum Gasteiger partial charge on any atom is 0.309 e. The Balaban J connectivity index is 2.47. The number of carboxylic acid groups (broad SMARTS) is 1. The number of hydrogen-bond acceptors (Lipinski definition) is 2. The molecule has 0 aromatic heterocycles. The molecule has 10 heavy (non-hydrogen) atoms. The number of hydrogen-bond donors (Lipinski definition) is 2. The molecule has 0 aromatic rings. The van der Waals surface area contributed by atoms with Gasteiger partial charge in [-0.15, -0.1) is 0 Å². The molecule has 1 fully saturated rings. The molecule has 0 unspecified atom stereocenters. The van der Waals surface area contributed by atoms with Crippen LogP contribution in [0.2, 0.25) is 0 Å². The maximum atomic E-state index is 10.4. The van der Waals surface area contributed by atoms with Crippen LogP contribution in [0, 0.1) is 5.92 Å². The zero-order chi connectivity index (χ0) is 7.56. The molecule has 1 rings (SSSR count). The van der Waals surface area contributed by atoms with Gasteiger partial charge in [0.15, 0.2) is 0 Å². The van der Waals surface area contributed by atoms with Gasteiger partial charge in [0.2, 0.25) is 0 Å². The lowest BCUT2D eigenvalue weighted by molar-refractivity contribution is -0.147. The Morgan fingerprint density at radius 2 is 1.90 bits per heavy atom. The molecule has 0 heterocycles. The van der Waals surface area contributed by atoms with Crippen LogP contribution in [-0.2, 0) is 4.79 Å². The molecule has 0 aromatic carbocycles. The lowest BCUT2D eigenvalue weighted by Gasteiger charge is -2.23. The Bertz CT molecular complexity index is 133. The smallest absolute Gasteiger partial charge is 0.309 e. The number of aliphatic hydroxyl groups is 1. The molecular formula is C7H12O3. The van der Waals surface area contributed by atoms with Gasteiger partial charge in [-0.2, -0.15) is 0 Å². The molecule has 0 bridgehead atoms. The Morgan fingerprint density at radius 1 is 1.30 bits per heavy atom. The topological polar surface area (TPSA) is 57.5 Å². The molecule has 1 aliphatic rings. The highest BCUT2D eigenvalue weighted by Crippen LogP contribution is 2.23. The first-order chi connectivity index (χ1) is 4.72. The highest BCUT2D eigenvalue weighted by Gasteiger charge is 2.28. The number of aliphatic carboxylic acids is 1. The van der Waals surface area contributed by atoms with Crippen molar-refractivity contribution in [2.24, 2.45) is 5.92 Å². The van der Waals surface area contributed by atoms with Crippen molar-refractivity contribution in [1.82, 2.24) is 0 Å². The molecule has 3 heteroatoms. The van der Waals surface area contributed by atoms with Gasteiger partial charge < -0.3 is 10.2 Å². The van der Waals surface area contributed by atoms with Crippen molar-refractivity contribution >= 4 is 5.97 Å². The average molecular weight is 144 g/mol. The molecule has 0 amide bonds. The third kappa shape index (κ3) is 1.48. The first-order valence-corrected chi connectivity index (χ1v) is 3.62. The summed E-state index contributed by atoms with van der Waals surface area (Å²) in [7, 11) is 0. The lowest BCUT2D eigenvalue weighted by atomic mass is 9.87. The van der Waals surface area contributed by atoms with Crippen LogP contribution >= 0.6 is 0 Å². The summed E-state index contributed by atoms with van der Waals surface area (Å²) in [5, 5.41) is 17.7. The maximum absolute atomic E-state index is 10.4. The van der Waals surface area contributed by atoms with Crippen molar-refractivity contribution in [2.45, 2.75) is 31.8 Å². The third-order valence-corrected chi connectivity index (χ3v) is 2.05. The summed E-state index contributed by atoms with van der Waals surface area (Å²) in [6, 6.07) is 0. The summed E-state index contributed by atoms with van der Waals surface area (Å²) in [5.41, 5.74) is 0. The predicted octanol–water partition coefficient (Wildman–Crippen LogP) is 0.622. The number of carbonyl (C=O) groups is 1. The molecule has 0 aliphatic heterocycles. The largest absolute Gasteiger partial charge is 0.481 e. The Hall–Kier alpha value is -0.570. The summed E-state index contributed by atoms with van der Waals surface area (Å²) in [4.78, 5) is 10.4. The zero-order valence-electron chi connectivity index (χ0n) is 5.79. The molecular weight excluding hydrogens is 132 g/mol. The van der Waals surface area contributed by atoms with Gasteiger partial charge in [-0.1, -0.05) is 12.8 Å². The SMILES string of the molecule is O=C(O)[C@@H]1CCCC[C@H]1O. The van der Waals surface area contributed by atoms with Crippen molar-refractivity contribution in [2.75, 3.05) is 0 Å². The molecule has 0 saturated heterocycles. The Kier molecular flexibility index (Phi) is 2.27. The van der Waals surface area contributed by atoms with Crippen LogP contribution < -0.4 is 0 Å². The van der Waals surface area contributed by atoms with Crippen molar-refractivity contribution in [1.29, 1.82) is 0 Å². The van der Waals surface area contributed by atoms with E-state index in [1.807, 2.05) is 0 Å². The summed E-state index contributed by atoms with van der Waals surface area (Å²) >= 11 is 0. The zero-order valence-corrected chi connectivity index (χ0v) is 5.79. The fourth-order valence-electron chi connectivity index (χ4n) is 1.40. The van der Waals surface area contributed by atoms with Crippen LogP contribution in [0.25, 0.3) is 0 Å². The van der Waals surface area contributed by atoms with E-state index in [0.717, 1.165) is 12.8 Å². The average Bonchev–Trinajstić information content (AvgIpc) is 1.88. The fraction of sp³-hybridized carbons (Fsp3) is 0.857. The van der Waals surface area contributed by atoms with Crippen molar-refractivity contribution in [3.05, 3.63) is 0 Å². The minimum absolute atomic E-state index is 0.506. The number of carboxylic acids is 1. The second-order valence-electron chi connectivity index (χ2n) is 2.80. The normalized spacial score (nSPS) is 33.7. The van der Waals surface area contributed by atoms with Gasteiger partial charge >= 0.3 is 5.97 Å². The van der Waals surface area contributed by atoms with Gasteiger partial charge in [-0.05, 0) is 12.8 Å². The van der Waals surface area contributed by atoms with Crippen LogP contribution in [0.3, 0.4) is 0 Å². The minimum atomic E-state index is -0.854. The quantitative estimate of drug-likeness (QED) is 0.567. The van der Waals surface area contributed by atoms with Crippen molar-refractivity contribution < 1.29 is 15.0 Å². The first kappa shape index (κ1) is 7.54. The van der Waals surface area contributed by atoms with Crippen molar-refractivity contribution in [3.63, 3.8) is 0 Å². The van der Waals surface area contributed by atoms with Gasteiger partial charge in [-0.25, -0.2) is 0 Å². The summed E-state index contributed by atoms with van der Waals surface area (Å²) in [6.45, 7) is 0. The summed E-state index contributed by atoms with van der Waals surface area (Å²) in [6.07, 6.45) is 2.58. The van der Waals surface area contributed by atoms with Crippen molar-refractivity contribution in [3.8, 4) is 0 Å². The van der Waals surface area contributed by atoms with Gasteiger partial charge in [-0.3, -0.25) is 4.79 Å². The molecule has 1 saturated carbocycles.